The van der Waals surface area contributed by atoms with Crippen molar-refractivity contribution in [3.8, 4) is 0 Å². The molecule has 1 unspecified atom stereocenters. The fourth-order valence-electron chi connectivity index (χ4n) is 2.30. The van der Waals surface area contributed by atoms with E-state index in [1.165, 1.54) is 21.7 Å². The lowest BCUT2D eigenvalue weighted by atomic mass is 10.0. The number of rotatable bonds is 7. The van der Waals surface area contributed by atoms with Crippen molar-refractivity contribution in [2.75, 3.05) is 7.05 Å². The molecule has 1 N–H and O–H groups in total. The first-order valence-electron chi connectivity index (χ1n) is 7.10. The van der Waals surface area contributed by atoms with Crippen LogP contribution in [0.5, 0.6) is 0 Å². The lowest BCUT2D eigenvalue weighted by molar-refractivity contribution is 0.523. The predicted molar refractivity (Wildman–Crippen MR) is 85.0 cm³/mol. The van der Waals surface area contributed by atoms with Gasteiger partial charge in [0.1, 0.15) is 0 Å². The molecule has 1 heterocycles. The van der Waals surface area contributed by atoms with Crippen LogP contribution in [0.4, 0.5) is 0 Å². The fourth-order valence-corrected chi connectivity index (χ4v) is 3.34. The van der Waals surface area contributed by atoms with E-state index in [0.717, 1.165) is 19.3 Å². The van der Waals surface area contributed by atoms with Gasteiger partial charge in [-0.3, -0.25) is 0 Å². The SMILES string of the molecule is CCc1ccc(CC(CCc2ccccc2)NC)s1. The van der Waals surface area contributed by atoms with Gasteiger partial charge in [0.2, 0.25) is 0 Å². The summed E-state index contributed by atoms with van der Waals surface area (Å²) in [6, 6.07) is 15.9. The van der Waals surface area contributed by atoms with Crippen LogP contribution in [0.1, 0.15) is 28.7 Å². The summed E-state index contributed by atoms with van der Waals surface area (Å²) in [7, 11) is 2.07. The summed E-state index contributed by atoms with van der Waals surface area (Å²) in [4.78, 5) is 3.00. The van der Waals surface area contributed by atoms with Gasteiger partial charge in [-0.25, -0.2) is 0 Å². The Hall–Kier alpha value is -1.12. The van der Waals surface area contributed by atoms with Crippen LogP contribution < -0.4 is 5.32 Å². The molecule has 1 aromatic heterocycles. The van der Waals surface area contributed by atoms with Gasteiger partial charge in [-0.05, 0) is 50.4 Å². The number of benzene rings is 1. The first kappa shape index (κ1) is 14.3. The van der Waals surface area contributed by atoms with E-state index < -0.39 is 0 Å². The van der Waals surface area contributed by atoms with Gasteiger partial charge in [-0.1, -0.05) is 37.3 Å². The zero-order valence-electron chi connectivity index (χ0n) is 11.9. The Morgan fingerprint density at radius 1 is 1.05 bits per heavy atom. The van der Waals surface area contributed by atoms with Gasteiger partial charge in [0, 0.05) is 15.8 Å². The van der Waals surface area contributed by atoms with Crippen molar-refractivity contribution in [3.63, 3.8) is 0 Å². The largest absolute Gasteiger partial charge is 0.317 e. The molecular weight excluding hydrogens is 250 g/mol. The van der Waals surface area contributed by atoms with E-state index in [0.29, 0.717) is 6.04 Å². The summed E-state index contributed by atoms with van der Waals surface area (Å²) < 4.78 is 0. The quantitative estimate of drug-likeness (QED) is 0.801. The van der Waals surface area contributed by atoms with E-state index in [1.54, 1.807) is 0 Å². The average molecular weight is 273 g/mol. The van der Waals surface area contributed by atoms with E-state index in [1.807, 2.05) is 11.3 Å². The Kier molecular flexibility index (Phi) is 5.62. The van der Waals surface area contributed by atoms with Gasteiger partial charge in [0.15, 0.2) is 0 Å². The molecule has 0 spiro atoms. The van der Waals surface area contributed by atoms with Crippen LogP contribution in [0.2, 0.25) is 0 Å². The number of hydrogen-bond donors (Lipinski definition) is 1. The zero-order chi connectivity index (χ0) is 13.5. The minimum absolute atomic E-state index is 0.573. The third-order valence-corrected chi connectivity index (χ3v) is 4.80. The topological polar surface area (TPSA) is 12.0 Å². The number of hydrogen-bond acceptors (Lipinski definition) is 2. The Labute approximate surface area is 120 Å². The van der Waals surface area contributed by atoms with Crippen molar-refractivity contribution in [2.45, 2.75) is 38.6 Å². The molecule has 0 bridgehead atoms. The van der Waals surface area contributed by atoms with Crippen molar-refractivity contribution in [1.82, 2.24) is 5.32 Å². The molecule has 0 aliphatic heterocycles. The highest BCUT2D eigenvalue weighted by Gasteiger charge is 2.09. The summed E-state index contributed by atoms with van der Waals surface area (Å²) in [6.07, 6.45) is 4.64. The van der Waals surface area contributed by atoms with E-state index >= 15 is 0 Å². The summed E-state index contributed by atoms with van der Waals surface area (Å²) >= 11 is 1.96. The monoisotopic (exact) mass is 273 g/mol. The molecule has 2 aromatic rings. The van der Waals surface area contributed by atoms with Crippen molar-refractivity contribution >= 4 is 11.3 Å². The molecule has 0 radical (unpaired) electrons. The number of nitrogens with one attached hydrogen (secondary N) is 1. The van der Waals surface area contributed by atoms with Gasteiger partial charge in [-0.2, -0.15) is 0 Å². The van der Waals surface area contributed by atoms with Gasteiger partial charge >= 0.3 is 0 Å². The highest BCUT2D eigenvalue weighted by molar-refractivity contribution is 7.11. The first-order chi connectivity index (χ1) is 9.31. The Bertz CT molecular complexity index is 475. The molecule has 1 atom stereocenters. The third-order valence-electron chi connectivity index (χ3n) is 3.55. The van der Waals surface area contributed by atoms with Crippen LogP contribution in [0.15, 0.2) is 42.5 Å². The summed E-state index contributed by atoms with van der Waals surface area (Å²) in [5.41, 5.74) is 1.43. The molecule has 19 heavy (non-hydrogen) atoms. The van der Waals surface area contributed by atoms with Crippen LogP contribution in [-0.2, 0) is 19.3 Å². The van der Waals surface area contributed by atoms with E-state index in [-0.39, 0.29) is 0 Å². The van der Waals surface area contributed by atoms with Gasteiger partial charge in [0.25, 0.3) is 0 Å². The van der Waals surface area contributed by atoms with Gasteiger partial charge in [0.05, 0.1) is 0 Å². The van der Waals surface area contributed by atoms with Crippen molar-refractivity contribution in [2.24, 2.45) is 0 Å². The number of thiophene rings is 1. The summed E-state index contributed by atoms with van der Waals surface area (Å²) in [6.45, 7) is 2.22. The van der Waals surface area contributed by atoms with Gasteiger partial charge in [-0.15, -0.1) is 11.3 Å². The van der Waals surface area contributed by atoms with Crippen molar-refractivity contribution < 1.29 is 0 Å². The van der Waals surface area contributed by atoms with Crippen LogP contribution in [0.25, 0.3) is 0 Å². The number of likely N-dealkylation sites (N-methyl/N-ethyl adjacent to an activating group) is 1. The summed E-state index contributed by atoms with van der Waals surface area (Å²) in [5.74, 6) is 0. The van der Waals surface area contributed by atoms with Gasteiger partial charge < -0.3 is 5.32 Å². The zero-order valence-corrected chi connectivity index (χ0v) is 12.7. The molecule has 1 aromatic carbocycles. The maximum Gasteiger partial charge on any atom is 0.0115 e. The lowest BCUT2D eigenvalue weighted by Crippen LogP contribution is -2.27. The van der Waals surface area contributed by atoms with Crippen molar-refractivity contribution in [3.05, 3.63) is 57.8 Å². The molecule has 0 amide bonds. The minimum atomic E-state index is 0.573. The van der Waals surface area contributed by atoms with E-state index in [9.17, 15) is 0 Å². The van der Waals surface area contributed by atoms with E-state index in [4.69, 9.17) is 0 Å². The minimum Gasteiger partial charge on any atom is -0.317 e. The Balaban J connectivity index is 1.86. The molecule has 0 saturated carbocycles. The van der Waals surface area contributed by atoms with E-state index in [2.05, 4.69) is 61.8 Å². The van der Waals surface area contributed by atoms with Crippen molar-refractivity contribution in [1.29, 1.82) is 0 Å². The average Bonchev–Trinajstić information content (AvgIpc) is 2.92. The highest BCUT2D eigenvalue weighted by atomic mass is 32.1. The Morgan fingerprint density at radius 2 is 1.79 bits per heavy atom. The highest BCUT2D eigenvalue weighted by Crippen LogP contribution is 2.19. The second-order valence-electron chi connectivity index (χ2n) is 4.94. The molecule has 0 saturated heterocycles. The molecule has 102 valence electrons. The maximum atomic E-state index is 3.45. The second kappa shape index (κ2) is 7.46. The first-order valence-corrected chi connectivity index (χ1v) is 7.92. The molecule has 0 aliphatic rings. The van der Waals surface area contributed by atoms with Crippen LogP contribution in [0, 0.1) is 0 Å². The standard InChI is InChI=1S/C17H23NS/c1-3-16-11-12-17(19-16)13-15(18-2)10-9-14-7-5-4-6-8-14/h4-8,11-12,15,18H,3,9-10,13H2,1-2H3. The Morgan fingerprint density at radius 3 is 2.42 bits per heavy atom. The molecule has 2 heteroatoms. The fraction of sp³-hybridized carbons (Fsp3) is 0.412. The van der Waals surface area contributed by atoms with Crippen LogP contribution >= 0.6 is 11.3 Å². The molecule has 1 nitrogen and oxygen atoms in total. The summed E-state index contributed by atoms with van der Waals surface area (Å²) in [5, 5.41) is 3.45. The second-order valence-corrected chi connectivity index (χ2v) is 6.19. The lowest BCUT2D eigenvalue weighted by Gasteiger charge is -2.15. The number of aryl methyl sites for hydroxylation is 2. The maximum absolute atomic E-state index is 3.45. The molecule has 0 aliphatic carbocycles. The molecule has 0 fully saturated rings. The normalized spacial score (nSPS) is 12.5. The smallest absolute Gasteiger partial charge is 0.0115 e. The van der Waals surface area contributed by atoms with Crippen LogP contribution in [-0.4, -0.2) is 13.1 Å². The molecular formula is C17H23NS. The third kappa shape index (κ3) is 4.48. The predicted octanol–water partition coefficient (Wildman–Crippen LogP) is 4.07. The van der Waals surface area contributed by atoms with Crippen LogP contribution in [0.3, 0.4) is 0 Å². The molecule has 2 rings (SSSR count).